The van der Waals surface area contributed by atoms with Gasteiger partial charge in [0.15, 0.2) is 0 Å². The van der Waals surface area contributed by atoms with E-state index in [1.54, 1.807) is 20.8 Å². The number of amides is 1. The number of carbonyl (C=O) groups is 2. The van der Waals surface area contributed by atoms with Gasteiger partial charge in [-0.2, -0.15) is 12.7 Å². The van der Waals surface area contributed by atoms with Crippen LogP contribution in [0, 0.1) is 5.92 Å². The summed E-state index contributed by atoms with van der Waals surface area (Å²) in [6, 6.07) is 0. The summed E-state index contributed by atoms with van der Waals surface area (Å²) >= 11 is 0. The normalized spacial score (nSPS) is 18.6. The van der Waals surface area contributed by atoms with E-state index in [2.05, 4.69) is 0 Å². The SMILES string of the molecule is CC(C)(C)OC(=O)NS(=O)(=O)N1CCC(C(=O)O)CC1. The van der Waals surface area contributed by atoms with Crippen molar-refractivity contribution in [3.05, 3.63) is 0 Å². The molecule has 1 fully saturated rings. The molecule has 1 aliphatic rings. The molecule has 0 aliphatic carbocycles. The summed E-state index contributed by atoms with van der Waals surface area (Å²) in [6.45, 7) is 5.00. The van der Waals surface area contributed by atoms with E-state index in [1.807, 2.05) is 4.72 Å². The molecule has 116 valence electrons. The number of piperidine rings is 1. The lowest BCUT2D eigenvalue weighted by Crippen LogP contribution is -2.48. The zero-order valence-corrected chi connectivity index (χ0v) is 12.6. The van der Waals surface area contributed by atoms with Gasteiger partial charge in [-0.25, -0.2) is 9.52 Å². The number of carbonyl (C=O) groups excluding carboxylic acids is 1. The van der Waals surface area contributed by atoms with Crippen LogP contribution in [-0.4, -0.2) is 48.6 Å². The highest BCUT2D eigenvalue weighted by Gasteiger charge is 2.32. The molecule has 0 aromatic rings. The van der Waals surface area contributed by atoms with Crippen LogP contribution >= 0.6 is 0 Å². The quantitative estimate of drug-likeness (QED) is 0.787. The summed E-state index contributed by atoms with van der Waals surface area (Å²) in [5.41, 5.74) is -0.796. The van der Waals surface area contributed by atoms with Gasteiger partial charge in [0.25, 0.3) is 0 Å². The monoisotopic (exact) mass is 308 g/mol. The fourth-order valence-corrected chi connectivity index (χ4v) is 2.88. The minimum absolute atomic E-state index is 0.0646. The van der Waals surface area contributed by atoms with Gasteiger partial charge in [-0.15, -0.1) is 0 Å². The second-order valence-electron chi connectivity index (χ2n) is 5.62. The predicted octanol–water partition coefficient (Wildman–Crippen LogP) is 0.552. The first-order chi connectivity index (χ1) is 9.01. The predicted molar refractivity (Wildman–Crippen MR) is 70.2 cm³/mol. The molecule has 0 aromatic heterocycles. The van der Waals surface area contributed by atoms with E-state index < -0.39 is 33.8 Å². The lowest BCUT2D eigenvalue weighted by atomic mass is 9.99. The minimum atomic E-state index is -3.99. The first kappa shape index (κ1) is 16.7. The molecule has 0 radical (unpaired) electrons. The van der Waals surface area contributed by atoms with Crippen LogP contribution in [0.3, 0.4) is 0 Å². The van der Waals surface area contributed by atoms with Crippen LogP contribution in [0.1, 0.15) is 33.6 Å². The van der Waals surface area contributed by atoms with E-state index >= 15 is 0 Å². The fraction of sp³-hybridized carbons (Fsp3) is 0.818. The molecule has 1 amide bonds. The molecular formula is C11H20N2O6S. The Hall–Kier alpha value is -1.35. The Balaban J connectivity index is 2.58. The highest BCUT2D eigenvalue weighted by Crippen LogP contribution is 2.19. The maximum absolute atomic E-state index is 11.9. The molecule has 0 spiro atoms. The highest BCUT2D eigenvalue weighted by molar-refractivity contribution is 7.87. The van der Waals surface area contributed by atoms with E-state index in [1.165, 1.54) is 0 Å². The van der Waals surface area contributed by atoms with Crippen molar-refractivity contribution < 1.29 is 27.9 Å². The summed E-state index contributed by atoms with van der Waals surface area (Å²) < 4.78 is 31.6. The van der Waals surface area contributed by atoms with Crippen molar-refractivity contribution in [1.82, 2.24) is 9.03 Å². The molecule has 2 N–H and O–H groups in total. The number of ether oxygens (including phenoxy) is 1. The van der Waals surface area contributed by atoms with Crippen molar-refractivity contribution in [1.29, 1.82) is 0 Å². The molecular weight excluding hydrogens is 288 g/mol. The van der Waals surface area contributed by atoms with Crippen molar-refractivity contribution in [3.8, 4) is 0 Å². The van der Waals surface area contributed by atoms with Gasteiger partial charge >= 0.3 is 22.3 Å². The van der Waals surface area contributed by atoms with Crippen molar-refractivity contribution in [2.45, 2.75) is 39.2 Å². The van der Waals surface area contributed by atoms with E-state index in [0.29, 0.717) is 0 Å². The van der Waals surface area contributed by atoms with Gasteiger partial charge in [0.2, 0.25) is 0 Å². The lowest BCUT2D eigenvalue weighted by Gasteiger charge is -2.29. The Bertz CT molecular complexity index is 474. The molecule has 0 unspecified atom stereocenters. The summed E-state index contributed by atoms with van der Waals surface area (Å²) in [6.07, 6.45) is -0.590. The number of hydrogen-bond acceptors (Lipinski definition) is 5. The second kappa shape index (κ2) is 5.96. The van der Waals surface area contributed by atoms with Crippen molar-refractivity contribution >= 4 is 22.3 Å². The number of carboxylic acid groups (broad SMARTS) is 1. The first-order valence-electron chi connectivity index (χ1n) is 6.25. The van der Waals surface area contributed by atoms with Crippen LogP contribution in [0.15, 0.2) is 0 Å². The zero-order valence-electron chi connectivity index (χ0n) is 11.7. The van der Waals surface area contributed by atoms with E-state index in [9.17, 15) is 18.0 Å². The molecule has 20 heavy (non-hydrogen) atoms. The number of aliphatic carboxylic acids is 1. The van der Waals surface area contributed by atoms with E-state index in [4.69, 9.17) is 9.84 Å². The van der Waals surface area contributed by atoms with E-state index in [-0.39, 0.29) is 25.9 Å². The van der Waals surface area contributed by atoms with Crippen LogP contribution in [0.2, 0.25) is 0 Å². The molecule has 0 bridgehead atoms. The average molecular weight is 308 g/mol. The smallest absolute Gasteiger partial charge is 0.422 e. The number of hydrogen-bond donors (Lipinski definition) is 2. The van der Waals surface area contributed by atoms with Crippen LogP contribution in [0.5, 0.6) is 0 Å². The number of rotatable bonds is 3. The lowest BCUT2D eigenvalue weighted by molar-refractivity contribution is -0.142. The third kappa shape index (κ3) is 4.97. The Labute approximate surface area is 118 Å². The summed E-state index contributed by atoms with van der Waals surface area (Å²) in [5, 5.41) is 8.84. The number of carboxylic acids is 1. The van der Waals surface area contributed by atoms with Crippen LogP contribution in [-0.2, 0) is 19.7 Å². The van der Waals surface area contributed by atoms with Crippen molar-refractivity contribution in [2.24, 2.45) is 5.92 Å². The van der Waals surface area contributed by atoms with Gasteiger partial charge in [0, 0.05) is 13.1 Å². The molecule has 1 heterocycles. The Morgan fingerprint density at radius 1 is 1.25 bits per heavy atom. The van der Waals surface area contributed by atoms with Gasteiger partial charge < -0.3 is 9.84 Å². The topological polar surface area (TPSA) is 113 Å². The largest absolute Gasteiger partial charge is 0.481 e. The molecule has 0 atom stereocenters. The Kier molecular flexibility index (Phi) is 4.98. The molecule has 0 saturated carbocycles. The molecule has 1 rings (SSSR count). The molecule has 1 aliphatic heterocycles. The van der Waals surface area contributed by atoms with Crippen molar-refractivity contribution in [2.75, 3.05) is 13.1 Å². The Morgan fingerprint density at radius 2 is 1.75 bits per heavy atom. The fourth-order valence-electron chi connectivity index (χ4n) is 1.81. The standard InChI is InChI=1S/C11H20N2O6S/c1-11(2,3)19-10(16)12-20(17,18)13-6-4-8(5-7-13)9(14)15/h8H,4-7H2,1-3H3,(H,12,16)(H,14,15). The minimum Gasteiger partial charge on any atom is -0.481 e. The number of nitrogens with zero attached hydrogens (tertiary/aromatic N) is 1. The highest BCUT2D eigenvalue weighted by atomic mass is 32.2. The second-order valence-corrected chi connectivity index (χ2v) is 7.29. The summed E-state index contributed by atoms with van der Waals surface area (Å²) in [7, 11) is -3.99. The molecule has 1 saturated heterocycles. The number of nitrogens with one attached hydrogen (secondary N) is 1. The van der Waals surface area contributed by atoms with Gasteiger partial charge in [0.05, 0.1) is 5.92 Å². The molecule has 9 heteroatoms. The summed E-state index contributed by atoms with van der Waals surface area (Å²) in [4.78, 5) is 22.2. The van der Waals surface area contributed by atoms with Gasteiger partial charge in [-0.3, -0.25) is 4.79 Å². The van der Waals surface area contributed by atoms with Gasteiger partial charge in [0.1, 0.15) is 5.60 Å². The van der Waals surface area contributed by atoms with E-state index in [0.717, 1.165) is 4.31 Å². The zero-order chi connectivity index (χ0) is 15.6. The summed E-state index contributed by atoms with van der Waals surface area (Å²) in [5.74, 6) is -1.47. The Morgan fingerprint density at radius 3 is 2.15 bits per heavy atom. The third-order valence-corrected chi connectivity index (χ3v) is 4.22. The maximum atomic E-state index is 11.9. The van der Waals surface area contributed by atoms with Gasteiger partial charge in [-0.05, 0) is 33.6 Å². The maximum Gasteiger partial charge on any atom is 0.422 e. The van der Waals surface area contributed by atoms with Crippen LogP contribution < -0.4 is 4.72 Å². The van der Waals surface area contributed by atoms with Crippen LogP contribution in [0.25, 0.3) is 0 Å². The van der Waals surface area contributed by atoms with Crippen LogP contribution in [0.4, 0.5) is 4.79 Å². The molecule has 8 nitrogen and oxygen atoms in total. The van der Waals surface area contributed by atoms with Crippen molar-refractivity contribution in [3.63, 3.8) is 0 Å². The molecule has 0 aromatic carbocycles. The average Bonchev–Trinajstić information content (AvgIpc) is 2.25. The first-order valence-corrected chi connectivity index (χ1v) is 7.69. The van der Waals surface area contributed by atoms with Gasteiger partial charge in [-0.1, -0.05) is 0 Å². The third-order valence-electron chi connectivity index (χ3n) is 2.75.